The number of nitrogens with zero attached hydrogens (tertiary/aromatic N) is 4. The SMILES string of the molecule is CC(C)N1CCCCC1c1cccnc1N1CCN(C(=O)OC(C)(C)C)CC1. The van der Waals surface area contributed by atoms with Gasteiger partial charge in [-0.1, -0.05) is 12.5 Å². The smallest absolute Gasteiger partial charge is 0.410 e. The minimum absolute atomic E-state index is 0.216. The minimum atomic E-state index is -0.455. The number of rotatable bonds is 3. The molecule has 0 saturated carbocycles. The third-order valence-corrected chi connectivity index (χ3v) is 5.61. The summed E-state index contributed by atoms with van der Waals surface area (Å²) < 4.78 is 5.52. The Morgan fingerprint density at radius 1 is 1.14 bits per heavy atom. The maximum atomic E-state index is 12.4. The summed E-state index contributed by atoms with van der Waals surface area (Å²) in [6, 6.07) is 5.26. The van der Waals surface area contributed by atoms with Crippen LogP contribution in [0.1, 0.15) is 65.5 Å². The summed E-state index contributed by atoms with van der Waals surface area (Å²) in [5.74, 6) is 1.09. The van der Waals surface area contributed by atoms with Crippen LogP contribution in [0.2, 0.25) is 0 Å². The molecule has 1 amide bonds. The van der Waals surface area contributed by atoms with Gasteiger partial charge in [0.05, 0.1) is 0 Å². The molecule has 2 saturated heterocycles. The molecule has 0 bridgehead atoms. The van der Waals surface area contributed by atoms with Gasteiger partial charge >= 0.3 is 6.09 Å². The first-order chi connectivity index (χ1) is 13.3. The average molecular weight is 389 g/mol. The van der Waals surface area contributed by atoms with Crippen molar-refractivity contribution < 1.29 is 9.53 Å². The van der Waals surface area contributed by atoms with Crippen molar-refractivity contribution in [1.29, 1.82) is 0 Å². The lowest BCUT2D eigenvalue weighted by Gasteiger charge is -2.41. The molecule has 0 aliphatic carbocycles. The average Bonchev–Trinajstić information content (AvgIpc) is 2.67. The molecule has 3 rings (SSSR count). The number of hydrogen-bond acceptors (Lipinski definition) is 5. The predicted octanol–water partition coefficient (Wildman–Crippen LogP) is 4.07. The third-order valence-electron chi connectivity index (χ3n) is 5.61. The van der Waals surface area contributed by atoms with Gasteiger partial charge in [0.2, 0.25) is 0 Å². The lowest BCUT2D eigenvalue weighted by atomic mass is 9.94. The fourth-order valence-electron chi connectivity index (χ4n) is 4.27. The maximum absolute atomic E-state index is 12.4. The zero-order chi connectivity index (χ0) is 20.3. The summed E-state index contributed by atoms with van der Waals surface area (Å²) in [7, 11) is 0. The van der Waals surface area contributed by atoms with Gasteiger partial charge in [-0.05, 0) is 60.1 Å². The van der Waals surface area contributed by atoms with Crippen LogP contribution in [0.15, 0.2) is 18.3 Å². The summed E-state index contributed by atoms with van der Waals surface area (Å²) in [5, 5.41) is 0. The molecule has 3 heterocycles. The van der Waals surface area contributed by atoms with Crippen molar-refractivity contribution in [3.63, 3.8) is 0 Å². The normalized spacial score (nSPS) is 21.9. The van der Waals surface area contributed by atoms with Gasteiger partial charge in [-0.15, -0.1) is 0 Å². The van der Waals surface area contributed by atoms with Gasteiger partial charge in [0.25, 0.3) is 0 Å². The van der Waals surface area contributed by atoms with E-state index in [1.54, 1.807) is 0 Å². The topological polar surface area (TPSA) is 48.9 Å². The second kappa shape index (κ2) is 8.68. The lowest BCUT2D eigenvalue weighted by Crippen LogP contribution is -2.50. The van der Waals surface area contributed by atoms with Crippen molar-refractivity contribution in [3.05, 3.63) is 23.9 Å². The van der Waals surface area contributed by atoms with Crippen LogP contribution in [0.3, 0.4) is 0 Å². The molecule has 2 aliphatic heterocycles. The molecule has 0 spiro atoms. The van der Waals surface area contributed by atoms with Crippen LogP contribution in [0.4, 0.5) is 10.6 Å². The van der Waals surface area contributed by atoms with Crippen LogP contribution in [0, 0.1) is 0 Å². The number of anilines is 1. The van der Waals surface area contributed by atoms with E-state index < -0.39 is 5.60 Å². The van der Waals surface area contributed by atoms with Crippen LogP contribution < -0.4 is 4.90 Å². The van der Waals surface area contributed by atoms with Crippen molar-refractivity contribution in [1.82, 2.24) is 14.8 Å². The summed E-state index contributed by atoms with van der Waals surface area (Å²) in [5.41, 5.74) is 0.880. The monoisotopic (exact) mass is 388 g/mol. The Hall–Kier alpha value is -1.82. The Labute approximate surface area is 169 Å². The Bertz CT molecular complexity index is 663. The van der Waals surface area contributed by atoms with Crippen molar-refractivity contribution in [3.8, 4) is 0 Å². The summed E-state index contributed by atoms with van der Waals surface area (Å²) in [4.78, 5) is 23.9. The van der Waals surface area contributed by atoms with E-state index in [2.05, 4.69) is 35.8 Å². The molecule has 0 radical (unpaired) electrons. The Morgan fingerprint density at radius 2 is 1.86 bits per heavy atom. The largest absolute Gasteiger partial charge is 0.444 e. The molecule has 156 valence electrons. The van der Waals surface area contributed by atoms with Crippen LogP contribution >= 0.6 is 0 Å². The second-order valence-electron chi connectivity index (χ2n) is 9.21. The van der Waals surface area contributed by atoms with Crippen LogP contribution in [0.5, 0.6) is 0 Å². The summed E-state index contributed by atoms with van der Waals surface area (Å²) in [6.45, 7) is 14.4. The Balaban J connectivity index is 1.71. The van der Waals surface area contributed by atoms with Crippen LogP contribution in [-0.2, 0) is 4.74 Å². The highest BCUT2D eigenvalue weighted by atomic mass is 16.6. The van der Waals surface area contributed by atoms with E-state index in [1.807, 2.05) is 31.9 Å². The van der Waals surface area contributed by atoms with E-state index in [0.29, 0.717) is 25.2 Å². The number of piperazine rings is 1. The number of ether oxygens (including phenoxy) is 1. The lowest BCUT2D eigenvalue weighted by molar-refractivity contribution is 0.0240. The number of hydrogen-bond donors (Lipinski definition) is 0. The first-order valence-corrected chi connectivity index (χ1v) is 10.7. The number of piperidine rings is 1. The van der Waals surface area contributed by atoms with Crippen LogP contribution in [-0.4, -0.2) is 65.2 Å². The van der Waals surface area contributed by atoms with Gasteiger partial charge in [-0.25, -0.2) is 9.78 Å². The highest BCUT2D eigenvalue weighted by Crippen LogP contribution is 2.36. The van der Waals surface area contributed by atoms with Crippen LogP contribution in [0.25, 0.3) is 0 Å². The fourth-order valence-corrected chi connectivity index (χ4v) is 4.27. The molecule has 2 aliphatic rings. The van der Waals surface area contributed by atoms with Gasteiger partial charge in [0, 0.05) is 50.0 Å². The van der Waals surface area contributed by atoms with E-state index in [-0.39, 0.29) is 6.09 Å². The third kappa shape index (κ3) is 4.96. The van der Waals surface area contributed by atoms with Gasteiger partial charge < -0.3 is 14.5 Å². The van der Waals surface area contributed by atoms with Crippen molar-refractivity contribution >= 4 is 11.9 Å². The standard InChI is InChI=1S/C22H36N4O2/c1-17(2)26-12-7-6-10-19(26)18-9-8-11-23-20(18)24-13-15-25(16-14-24)21(27)28-22(3,4)5/h8-9,11,17,19H,6-7,10,12-16H2,1-5H3. The summed E-state index contributed by atoms with van der Waals surface area (Å²) in [6.07, 6.45) is 5.41. The highest BCUT2D eigenvalue weighted by Gasteiger charge is 2.31. The Kier molecular flexibility index (Phi) is 6.48. The molecule has 2 fully saturated rings. The molecule has 0 N–H and O–H groups in total. The molecule has 6 heteroatoms. The minimum Gasteiger partial charge on any atom is -0.444 e. The number of likely N-dealkylation sites (tertiary alicyclic amines) is 1. The van der Waals surface area contributed by atoms with Gasteiger partial charge in [0.1, 0.15) is 11.4 Å². The number of pyridine rings is 1. The van der Waals surface area contributed by atoms with Crippen molar-refractivity contribution in [2.24, 2.45) is 0 Å². The predicted molar refractivity (Wildman–Crippen MR) is 113 cm³/mol. The van der Waals surface area contributed by atoms with Gasteiger partial charge in [0.15, 0.2) is 0 Å². The number of aromatic nitrogens is 1. The maximum Gasteiger partial charge on any atom is 0.410 e. The summed E-state index contributed by atoms with van der Waals surface area (Å²) >= 11 is 0. The molecule has 0 aromatic carbocycles. The molecule has 6 nitrogen and oxygen atoms in total. The first-order valence-electron chi connectivity index (χ1n) is 10.7. The second-order valence-corrected chi connectivity index (χ2v) is 9.21. The zero-order valence-corrected chi connectivity index (χ0v) is 18.1. The van der Waals surface area contributed by atoms with E-state index >= 15 is 0 Å². The number of amides is 1. The van der Waals surface area contributed by atoms with E-state index in [4.69, 9.17) is 9.72 Å². The quantitative estimate of drug-likeness (QED) is 0.781. The molecular weight excluding hydrogens is 352 g/mol. The van der Waals surface area contributed by atoms with Gasteiger partial charge in [-0.2, -0.15) is 0 Å². The van der Waals surface area contributed by atoms with Gasteiger partial charge in [-0.3, -0.25) is 4.90 Å². The number of carbonyl (C=O) groups excluding carboxylic acids is 1. The first kappa shape index (κ1) is 20.9. The molecule has 1 aromatic heterocycles. The molecule has 1 aromatic rings. The fraction of sp³-hybridized carbons (Fsp3) is 0.727. The highest BCUT2D eigenvalue weighted by molar-refractivity contribution is 5.68. The Morgan fingerprint density at radius 3 is 2.50 bits per heavy atom. The molecule has 28 heavy (non-hydrogen) atoms. The molecule has 1 atom stereocenters. The van der Waals surface area contributed by atoms with E-state index in [1.165, 1.54) is 24.8 Å². The van der Waals surface area contributed by atoms with E-state index in [9.17, 15) is 4.79 Å². The molecular formula is C22H36N4O2. The number of carbonyl (C=O) groups is 1. The van der Waals surface area contributed by atoms with Crippen molar-refractivity contribution in [2.75, 3.05) is 37.6 Å². The zero-order valence-electron chi connectivity index (χ0n) is 18.1. The van der Waals surface area contributed by atoms with Crippen molar-refractivity contribution in [2.45, 2.75) is 71.6 Å². The molecule has 1 unspecified atom stereocenters. The van der Waals surface area contributed by atoms with E-state index in [0.717, 1.165) is 25.5 Å².